The van der Waals surface area contributed by atoms with Crippen LogP contribution in [0.1, 0.15) is 42.0 Å². The van der Waals surface area contributed by atoms with Gasteiger partial charge in [0.15, 0.2) is 0 Å². The van der Waals surface area contributed by atoms with Crippen molar-refractivity contribution in [3.05, 3.63) is 21.9 Å². The van der Waals surface area contributed by atoms with Crippen molar-refractivity contribution in [1.82, 2.24) is 0 Å². The molecule has 1 aliphatic carbocycles. The standard InChI is InChI=1S/C11H17NS/c1-8-9(6-7-13-8)10-4-2-3-5-11(10)12/h6-7,10-11H,2-5,12H2,1H3. The van der Waals surface area contributed by atoms with Crippen LogP contribution in [0.2, 0.25) is 0 Å². The molecule has 1 aromatic heterocycles. The lowest BCUT2D eigenvalue weighted by molar-refractivity contribution is 0.385. The lowest BCUT2D eigenvalue weighted by atomic mass is 9.81. The third kappa shape index (κ3) is 1.79. The van der Waals surface area contributed by atoms with E-state index in [1.54, 1.807) is 0 Å². The number of nitrogens with two attached hydrogens (primary N) is 1. The van der Waals surface area contributed by atoms with Gasteiger partial charge in [-0.15, -0.1) is 11.3 Å². The van der Waals surface area contributed by atoms with Crippen molar-refractivity contribution in [2.45, 2.75) is 44.6 Å². The van der Waals surface area contributed by atoms with Gasteiger partial charge in [-0.1, -0.05) is 12.8 Å². The van der Waals surface area contributed by atoms with Gasteiger partial charge >= 0.3 is 0 Å². The Morgan fingerprint density at radius 1 is 1.38 bits per heavy atom. The summed E-state index contributed by atoms with van der Waals surface area (Å²) in [6.07, 6.45) is 5.17. The van der Waals surface area contributed by atoms with Crippen molar-refractivity contribution >= 4 is 11.3 Å². The molecule has 0 radical (unpaired) electrons. The van der Waals surface area contributed by atoms with Gasteiger partial charge < -0.3 is 5.73 Å². The Balaban J connectivity index is 2.19. The highest BCUT2D eigenvalue weighted by Gasteiger charge is 2.24. The van der Waals surface area contributed by atoms with Gasteiger partial charge in [-0.05, 0) is 36.8 Å². The minimum atomic E-state index is 0.405. The van der Waals surface area contributed by atoms with E-state index < -0.39 is 0 Å². The van der Waals surface area contributed by atoms with Crippen LogP contribution in [0.25, 0.3) is 0 Å². The molecule has 0 saturated heterocycles. The van der Waals surface area contributed by atoms with Crippen LogP contribution >= 0.6 is 11.3 Å². The summed E-state index contributed by atoms with van der Waals surface area (Å²) in [5.41, 5.74) is 7.66. The number of thiophene rings is 1. The van der Waals surface area contributed by atoms with E-state index in [-0.39, 0.29) is 0 Å². The van der Waals surface area contributed by atoms with E-state index in [4.69, 9.17) is 5.73 Å². The topological polar surface area (TPSA) is 26.0 Å². The SMILES string of the molecule is Cc1sccc1C1CCCCC1N. The van der Waals surface area contributed by atoms with Crippen LogP contribution in [0.5, 0.6) is 0 Å². The van der Waals surface area contributed by atoms with Crippen molar-refractivity contribution in [2.75, 3.05) is 0 Å². The molecule has 2 unspecified atom stereocenters. The average Bonchev–Trinajstić information content (AvgIpc) is 2.52. The Morgan fingerprint density at radius 3 is 2.77 bits per heavy atom. The smallest absolute Gasteiger partial charge is 0.0108 e. The minimum absolute atomic E-state index is 0.405. The summed E-state index contributed by atoms with van der Waals surface area (Å²) in [6, 6.07) is 2.66. The third-order valence-electron chi connectivity index (χ3n) is 3.12. The molecule has 13 heavy (non-hydrogen) atoms. The first-order valence-corrected chi connectivity index (χ1v) is 5.96. The molecular formula is C11H17NS. The number of rotatable bonds is 1. The van der Waals surface area contributed by atoms with Gasteiger partial charge in [0, 0.05) is 16.8 Å². The lowest BCUT2D eigenvalue weighted by Gasteiger charge is -2.28. The van der Waals surface area contributed by atoms with Gasteiger partial charge in [-0.2, -0.15) is 0 Å². The highest BCUT2D eigenvalue weighted by atomic mass is 32.1. The lowest BCUT2D eigenvalue weighted by Crippen LogP contribution is -2.31. The summed E-state index contributed by atoms with van der Waals surface area (Å²) >= 11 is 1.84. The van der Waals surface area contributed by atoms with Crippen molar-refractivity contribution in [3.8, 4) is 0 Å². The van der Waals surface area contributed by atoms with Crippen LogP contribution < -0.4 is 5.73 Å². The molecule has 2 heteroatoms. The molecule has 0 aromatic carbocycles. The van der Waals surface area contributed by atoms with Crippen LogP contribution in [0.3, 0.4) is 0 Å². The highest BCUT2D eigenvalue weighted by Crippen LogP contribution is 2.35. The van der Waals surface area contributed by atoms with Crippen molar-refractivity contribution in [2.24, 2.45) is 5.73 Å². The van der Waals surface area contributed by atoms with E-state index in [2.05, 4.69) is 18.4 Å². The number of hydrogen-bond donors (Lipinski definition) is 1. The zero-order valence-corrected chi connectivity index (χ0v) is 8.94. The molecule has 1 saturated carbocycles. The van der Waals surface area contributed by atoms with Crippen LogP contribution in [-0.4, -0.2) is 6.04 Å². The zero-order chi connectivity index (χ0) is 9.26. The summed E-state index contributed by atoms with van der Waals surface area (Å²) in [6.45, 7) is 2.21. The van der Waals surface area contributed by atoms with Crippen LogP contribution in [-0.2, 0) is 0 Å². The first kappa shape index (κ1) is 9.22. The molecule has 0 bridgehead atoms. The fourth-order valence-corrected chi connectivity index (χ4v) is 3.10. The molecule has 0 amide bonds. The molecule has 1 heterocycles. The normalized spacial score (nSPS) is 29.1. The maximum absolute atomic E-state index is 6.14. The summed E-state index contributed by atoms with van der Waals surface area (Å²) in [5, 5.41) is 2.19. The predicted octanol–water partition coefficient (Wildman–Crippen LogP) is 3.04. The molecule has 1 nitrogen and oxygen atoms in total. The maximum atomic E-state index is 6.14. The second-order valence-corrected chi connectivity index (χ2v) is 5.11. The highest BCUT2D eigenvalue weighted by molar-refractivity contribution is 7.10. The average molecular weight is 195 g/mol. The molecule has 2 N–H and O–H groups in total. The number of aryl methyl sites for hydroxylation is 1. The second-order valence-electron chi connectivity index (χ2n) is 3.99. The van der Waals surface area contributed by atoms with E-state index in [9.17, 15) is 0 Å². The van der Waals surface area contributed by atoms with E-state index in [1.165, 1.54) is 36.1 Å². The number of hydrogen-bond acceptors (Lipinski definition) is 2. The quantitative estimate of drug-likeness (QED) is 0.732. The Bertz CT molecular complexity index is 279. The molecule has 1 fully saturated rings. The summed E-state index contributed by atoms with van der Waals surface area (Å²) < 4.78 is 0. The van der Waals surface area contributed by atoms with Crippen molar-refractivity contribution in [3.63, 3.8) is 0 Å². The third-order valence-corrected chi connectivity index (χ3v) is 3.98. The molecule has 0 aliphatic heterocycles. The van der Waals surface area contributed by atoms with E-state index in [0.29, 0.717) is 12.0 Å². The van der Waals surface area contributed by atoms with E-state index in [1.807, 2.05) is 11.3 Å². The minimum Gasteiger partial charge on any atom is -0.327 e. The maximum Gasteiger partial charge on any atom is 0.0108 e. The van der Waals surface area contributed by atoms with Gasteiger partial charge in [0.1, 0.15) is 0 Å². The Labute approximate surface area is 84.0 Å². The molecule has 72 valence electrons. The van der Waals surface area contributed by atoms with Gasteiger partial charge in [0.25, 0.3) is 0 Å². The first-order valence-electron chi connectivity index (χ1n) is 5.08. The monoisotopic (exact) mass is 195 g/mol. The molecule has 2 atom stereocenters. The Hall–Kier alpha value is -0.340. The van der Waals surface area contributed by atoms with Gasteiger partial charge in [-0.25, -0.2) is 0 Å². The second kappa shape index (κ2) is 3.81. The first-order chi connectivity index (χ1) is 6.29. The van der Waals surface area contributed by atoms with Gasteiger partial charge in [-0.3, -0.25) is 0 Å². The Kier molecular flexibility index (Phi) is 2.70. The van der Waals surface area contributed by atoms with Gasteiger partial charge in [0.05, 0.1) is 0 Å². The van der Waals surface area contributed by atoms with Crippen molar-refractivity contribution in [1.29, 1.82) is 0 Å². The fraction of sp³-hybridized carbons (Fsp3) is 0.636. The summed E-state index contributed by atoms with van der Waals surface area (Å²) in [4.78, 5) is 1.46. The predicted molar refractivity (Wildman–Crippen MR) is 58.2 cm³/mol. The molecule has 1 aliphatic rings. The van der Waals surface area contributed by atoms with Crippen LogP contribution in [0, 0.1) is 6.92 Å². The molecule has 2 rings (SSSR count). The van der Waals surface area contributed by atoms with E-state index >= 15 is 0 Å². The summed E-state index contributed by atoms with van der Waals surface area (Å²) in [5.74, 6) is 0.639. The molecule has 0 spiro atoms. The largest absolute Gasteiger partial charge is 0.327 e. The zero-order valence-electron chi connectivity index (χ0n) is 8.12. The van der Waals surface area contributed by atoms with Crippen LogP contribution in [0.4, 0.5) is 0 Å². The fourth-order valence-electron chi connectivity index (χ4n) is 2.33. The van der Waals surface area contributed by atoms with Crippen molar-refractivity contribution < 1.29 is 0 Å². The van der Waals surface area contributed by atoms with E-state index in [0.717, 1.165) is 0 Å². The molecular weight excluding hydrogens is 178 g/mol. The Morgan fingerprint density at radius 2 is 2.15 bits per heavy atom. The van der Waals surface area contributed by atoms with Crippen LogP contribution in [0.15, 0.2) is 11.4 Å². The summed E-state index contributed by atoms with van der Waals surface area (Å²) in [7, 11) is 0. The van der Waals surface area contributed by atoms with Gasteiger partial charge in [0.2, 0.25) is 0 Å². The molecule has 1 aromatic rings.